The van der Waals surface area contributed by atoms with Crippen LogP contribution >= 0.6 is 0 Å². The SMILES string of the molecule is CC(C)(C)NC(=O)C(C)(C)c1ccc2c(c1)cc(-c1ccc(OC(F)(F)F)cc1)n2-c1cnc[nH]1. The van der Waals surface area contributed by atoms with Gasteiger partial charge in [-0.15, -0.1) is 13.2 Å². The summed E-state index contributed by atoms with van der Waals surface area (Å²) in [6.07, 6.45) is -1.53. The molecule has 9 heteroatoms. The number of hydrogen-bond acceptors (Lipinski definition) is 3. The summed E-state index contributed by atoms with van der Waals surface area (Å²) in [6.45, 7) is 9.56. The number of benzene rings is 2. The first-order chi connectivity index (χ1) is 16.2. The van der Waals surface area contributed by atoms with Gasteiger partial charge in [-0.3, -0.25) is 9.36 Å². The molecule has 0 saturated heterocycles. The van der Waals surface area contributed by atoms with Gasteiger partial charge in [-0.2, -0.15) is 0 Å². The Morgan fingerprint density at radius 3 is 2.26 bits per heavy atom. The topological polar surface area (TPSA) is 71.9 Å². The van der Waals surface area contributed by atoms with Gasteiger partial charge in [0.2, 0.25) is 5.91 Å². The molecule has 0 bridgehead atoms. The van der Waals surface area contributed by atoms with Crippen molar-refractivity contribution in [3.8, 4) is 22.8 Å². The van der Waals surface area contributed by atoms with E-state index in [1.807, 2.05) is 63.5 Å². The maximum Gasteiger partial charge on any atom is 0.573 e. The minimum Gasteiger partial charge on any atom is -0.406 e. The van der Waals surface area contributed by atoms with Crippen molar-refractivity contribution in [3.63, 3.8) is 0 Å². The van der Waals surface area contributed by atoms with Crippen molar-refractivity contribution >= 4 is 16.8 Å². The number of rotatable bonds is 5. The summed E-state index contributed by atoms with van der Waals surface area (Å²) in [5, 5.41) is 3.92. The second-order valence-electron chi connectivity index (χ2n) is 9.98. The Morgan fingerprint density at radius 1 is 1.00 bits per heavy atom. The molecule has 35 heavy (non-hydrogen) atoms. The lowest BCUT2D eigenvalue weighted by Crippen LogP contribution is -2.48. The average molecular weight is 485 g/mol. The summed E-state index contributed by atoms with van der Waals surface area (Å²) in [5.74, 6) is 0.320. The summed E-state index contributed by atoms with van der Waals surface area (Å²) in [6, 6.07) is 13.5. The molecular formula is C26H27F3N4O2. The highest BCUT2D eigenvalue weighted by molar-refractivity contribution is 5.93. The summed E-state index contributed by atoms with van der Waals surface area (Å²) >= 11 is 0. The molecule has 2 N–H and O–H groups in total. The Balaban J connectivity index is 1.80. The first-order valence-corrected chi connectivity index (χ1v) is 11.1. The van der Waals surface area contributed by atoms with Crippen LogP contribution in [0.5, 0.6) is 5.75 Å². The van der Waals surface area contributed by atoms with Gasteiger partial charge in [-0.25, -0.2) is 4.98 Å². The molecular weight excluding hydrogens is 457 g/mol. The second kappa shape index (κ2) is 8.48. The lowest BCUT2D eigenvalue weighted by molar-refractivity contribution is -0.274. The van der Waals surface area contributed by atoms with Crippen molar-refractivity contribution in [1.29, 1.82) is 0 Å². The van der Waals surface area contributed by atoms with E-state index in [9.17, 15) is 18.0 Å². The summed E-state index contributed by atoms with van der Waals surface area (Å²) < 4.78 is 43.7. The van der Waals surface area contributed by atoms with Crippen LogP contribution in [0.1, 0.15) is 40.2 Å². The molecule has 0 radical (unpaired) electrons. The molecule has 0 atom stereocenters. The quantitative estimate of drug-likeness (QED) is 0.359. The van der Waals surface area contributed by atoms with Crippen LogP contribution in [0.2, 0.25) is 0 Å². The number of nitrogens with one attached hydrogen (secondary N) is 2. The van der Waals surface area contributed by atoms with Gasteiger partial charge in [0.25, 0.3) is 0 Å². The third-order valence-electron chi connectivity index (χ3n) is 5.69. The minimum atomic E-state index is -4.76. The molecule has 2 aromatic heterocycles. The van der Waals surface area contributed by atoms with Crippen LogP contribution in [0.15, 0.2) is 61.1 Å². The summed E-state index contributed by atoms with van der Waals surface area (Å²) in [7, 11) is 0. The highest BCUT2D eigenvalue weighted by atomic mass is 19.4. The van der Waals surface area contributed by atoms with E-state index < -0.39 is 11.8 Å². The van der Waals surface area contributed by atoms with Gasteiger partial charge in [0, 0.05) is 10.9 Å². The van der Waals surface area contributed by atoms with Gasteiger partial charge in [0.15, 0.2) is 0 Å². The largest absolute Gasteiger partial charge is 0.573 e. The molecule has 184 valence electrons. The highest BCUT2D eigenvalue weighted by Crippen LogP contribution is 2.35. The Morgan fingerprint density at radius 2 is 1.69 bits per heavy atom. The molecule has 0 aliphatic heterocycles. The molecule has 0 saturated carbocycles. The molecule has 4 aromatic rings. The van der Waals surface area contributed by atoms with E-state index in [1.54, 1.807) is 24.7 Å². The molecule has 6 nitrogen and oxygen atoms in total. The third-order valence-corrected chi connectivity index (χ3v) is 5.69. The molecule has 0 fully saturated rings. The first-order valence-electron chi connectivity index (χ1n) is 11.1. The Labute approximate surface area is 201 Å². The van der Waals surface area contributed by atoms with E-state index >= 15 is 0 Å². The Bertz CT molecular complexity index is 1350. The van der Waals surface area contributed by atoms with Crippen molar-refractivity contribution < 1.29 is 22.7 Å². The molecule has 0 aliphatic rings. The molecule has 2 aromatic carbocycles. The number of amides is 1. The van der Waals surface area contributed by atoms with Crippen molar-refractivity contribution in [2.24, 2.45) is 0 Å². The number of carbonyl (C=O) groups is 1. The number of halogens is 3. The third kappa shape index (κ3) is 5.18. The lowest BCUT2D eigenvalue weighted by atomic mass is 9.82. The molecule has 1 amide bonds. The fourth-order valence-corrected chi connectivity index (χ4v) is 3.90. The van der Waals surface area contributed by atoms with Crippen molar-refractivity contribution in [1.82, 2.24) is 19.9 Å². The Hall–Kier alpha value is -3.75. The Kier molecular flexibility index (Phi) is 5.91. The summed E-state index contributed by atoms with van der Waals surface area (Å²) in [4.78, 5) is 20.2. The maximum absolute atomic E-state index is 13.0. The second-order valence-corrected chi connectivity index (χ2v) is 9.98. The number of fused-ring (bicyclic) bond motifs is 1. The molecule has 0 aliphatic carbocycles. The van der Waals surface area contributed by atoms with Gasteiger partial charge >= 0.3 is 6.36 Å². The van der Waals surface area contributed by atoms with E-state index in [1.165, 1.54) is 12.1 Å². The zero-order chi connectivity index (χ0) is 25.6. The number of nitrogens with zero attached hydrogens (tertiary/aromatic N) is 2. The van der Waals surface area contributed by atoms with Crippen LogP contribution in [-0.2, 0) is 10.2 Å². The number of aromatic amines is 1. The van der Waals surface area contributed by atoms with Gasteiger partial charge in [-0.1, -0.05) is 6.07 Å². The van der Waals surface area contributed by atoms with Crippen LogP contribution in [0.25, 0.3) is 28.0 Å². The fraction of sp³-hybridized carbons (Fsp3) is 0.308. The predicted molar refractivity (Wildman–Crippen MR) is 128 cm³/mol. The average Bonchev–Trinajstić information content (AvgIpc) is 3.38. The number of alkyl halides is 3. The number of aromatic nitrogens is 3. The van der Waals surface area contributed by atoms with E-state index in [0.29, 0.717) is 11.4 Å². The van der Waals surface area contributed by atoms with E-state index in [2.05, 4.69) is 20.0 Å². The van der Waals surface area contributed by atoms with Crippen molar-refractivity contribution in [2.45, 2.75) is 51.9 Å². The molecule has 2 heterocycles. The number of imidazole rings is 1. The van der Waals surface area contributed by atoms with Gasteiger partial charge in [0.05, 0.1) is 29.1 Å². The molecule has 4 rings (SSSR count). The number of carbonyl (C=O) groups excluding carboxylic acids is 1. The number of H-pyrrole nitrogens is 1. The van der Waals surface area contributed by atoms with E-state index in [4.69, 9.17) is 0 Å². The highest BCUT2D eigenvalue weighted by Gasteiger charge is 2.33. The molecule has 0 unspecified atom stereocenters. The number of ether oxygens (including phenoxy) is 1. The smallest absolute Gasteiger partial charge is 0.406 e. The van der Waals surface area contributed by atoms with E-state index in [-0.39, 0.29) is 17.2 Å². The maximum atomic E-state index is 13.0. The predicted octanol–water partition coefficient (Wildman–Crippen LogP) is 6.11. The monoisotopic (exact) mass is 484 g/mol. The summed E-state index contributed by atoms with van der Waals surface area (Å²) in [5.41, 5.74) is 1.99. The van der Waals surface area contributed by atoms with Gasteiger partial charge < -0.3 is 15.0 Å². The normalized spacial score (nSPS) is 12.7. The molecule has 0 spiro atoms. The van der Waals surface area contributed by atoms with Crippen LogP contribution in [0, 0.1) is 0 Å². The van der Waals surface area contributed by atoms with Crippen molar-refractivity contribution in [2.75, 3.05) is 0 Å². The van der Waals surface area contributed by atoms with Crippen LogP contribution in [0.3, 0.4) is 0 Å². The fourth-order valence-electron chi connectivity index (χ4n) is 3.90. The van der Waals surface area contributed by atoms with Gasteiger partial charge in [0.1, 0.15) is 11.6 Å². The standard InChI is InChI=1S/C26H27F3N4O2/c1-24(2,3)32-23(34)25(4,5)18-8-11-20-17(12-18)13-21(33(20)22-14-30-15-31-22)16-6-9-19(10-7-16)35-26(27,28)29/h6-15H,1-5H3,(H,30,31)(H,32,34). The van der Waals surface area contributed by atoms with Crippen LogP contribution in [-0.4, -0.2) is 32.3 Å². The lowest BCUT2D eigenvalue weighted by Gasteiger charge is -2.30. The zero-order valence-electron chi connectivity index (χ0n) is 20.1. The number of hydrogen-bond donors (Lipinski definition) is 2. The van der Waals surface area contributed by atoms with Crippen molar-refractivity contribution in [3.05, 3.63) is 66.6 Å². The van der Waals surface area contributed by atoms with Crippen LogP contribution < -0.4 is 10.1 Å². The minimum absolute atomic E-state index is 0.0853. The first kappa shape index (κ1) is 24.4. The van der Waals surface area contributed by atoms with E-state index in [0.717, 1.165) is 22.2 Å². The van der Waals surface area contributed by atoms with Crippen LogP contribution in [0.4, 0.5) is 13.2 Å². The zero-order valence-corrected chi connectivity index (χ0v) is 20.1. The van der Waals surface area contributed by atoms with Gasteiger partial charge in [-0.05, 0) is 88.2 Å².